The lowest BCUT2D eigenvalue weighted by Gasteiger charge is -2.20. The Morgan fingerprint density at radius 3 is 2.40 bits per heavy atom. The van der Waals surface area contributed by atoms with Crippen molar-refractivity contribution in [1.82, 2.24) is 19.9 Å². The number of pyridine rings is 1. The third-order valence-corrected chi connectivity index (χ3v) is 4.03. The molecule has 0 saturated carbocycles. The molecule has 1 atom stereocenters. The SMILES string of the molecule is COc1ccc(C(NC(=O)Cn2ccnc2C)c2ccncc2)cc1. The van der Waals surface area contributed by atoms with E-state index in [1.165, 1.54) is 0 Å². The van der Waals surface area contributed by atoms with E-state index in [2.05, 4.69) is 15.3 Å². The molecule has 1 unspecified atom stereocenters. The predicted molar refractivity (Wildman–Crippen MR) is 94.2 cm³/mol. The van der Waals surface area contributed by atoms with Crippen molar-refractivity contribution < 1.29 is 9.53 Å². The molecule has 6 nitrogen and oxygen atoms in total. The molecule has 0 aliphatic rings. The van der Waals surface area contributed by atoms with Gasteiger partial charge in [-0.05, 0) is 42.3 Å². The first-order chi connectivity index (χ1) is 12.2. The van der Waals surface area contributed by atoms with Crippen molar-refractivity contribution in [2.24, 2.45) is 0 Å². The average molecular weight is 336 g/mol. The highest BCUT2D eigenvalue weighted by molar-refractivity contribution is 5.77. The van der Waals surface area contributed by atoms with Crippen LogP contribution in [0.1, 0.15) is 23.0 Å². The van der Waals surface area contributed by atoms with E-state index in [0.29, 0.717) is 0 Å². The first-order valence-electron chi connectivity index (χ1n) is 7.98. The topological polar surface area (TPSA) is 69.0 Å². The fraction of sp³-hybridized carbons (Fsp3) is 0.211. The Morgan fingerprint density at radius 2 is 1.80 bits per heavy atom. The van der Waals surface area contributed by atoms with Gasteiger partial charge in [0, 0.05) is 24.8 Å². The summed E-state index contributed by atoms with van der Waals surface area (Å²) in [7, 11) is 1.63. The number of imidazole rings is 1. The van der Waals surface area contributed by atoms with E-state index in [4.69, 9.17) is 4.74 Å². The largest absolute Gasteiger partial charge is 0.497 e. The van der Waals surface area contributed by atoms with Crippen LogP contribution < -0.4 is 10.1 Å². The molecule has 0 fully saturated rings. The summed E-state index contributed by atoms with van der Waals surface area (Å²) in [4.78, 5) is 20.7. The van der Waals surface area contributed by atoms with Gasteiger partial charge < -0.3 is 14.6 Å². The quantitative estimate of drug-likeness (QED) is 0.751. The lowest BCUT2D eigenvalue weighted by molar-refractivity contribution is -0.122. The summed E-state index contributed by atoms with van der Waals surface area (Å²) < 4.78 is 7.02. The number of nitrogens with one attached hydrogen (secondary N) is 1. The van der Waals surface area contributed by atoms with Gasteiger partial charge in [0.15, 0.2) is 0 Å². The second kappa shape index (κ2) is 7.61. The molecule has 1 N–H and O–H groups in total. The molecule has 2 aromatic heterocycles. The minimum Gasteiger partial charge on any atom is -0.497 e. The number of rotatable bonds is 6. The van der Waals surface area contributed by atoms with Crippen molar-refractivity contribution in [2.45, 2.75) is 19.5 Å². The number of ether oxygens (including phenoxy) is 1. The third-order valence-electron chi connectivity index (χ3n) is 4.03. The van der Waals surface area contributed by atoms with Crippen LogP contribution in [0.25, 0.3) is 0 Å². The van der Waals surface area contributed by atoms with Crippen LogP contribution in [0.4, 0.5) is 0 Å². The molecule has 1 amide bonds. The molecule has 25 heavy (non-hydrogen) atoms. The van der Waals surface area contributed by atoms with Crippen LogP contribution in [0.3, 0.4) is 0 Å². The van der Waals surface area contributed by atoms with Gasteiger partial charge in [-0.1, -0.05) is 12.1 Å². The number of aromatic nitrogens is 3. The smallest absolute Gasteiger partial charge is 0.240 e. The Balaban J connectivity index is 1.83. The Bertz CT molecular complexity index is 828. The van der Waals surface area contributed by atoms with Crippen molar-refractivity contribution in [3.8, 4) is 5.75 Å². The van der Waals surface area contributed by atoms with Crippen LogP contribution in [-0.4, -0.2) is 27.6 Å². The zero-order valence-corrected chi connectivity index (χ0v) is 14.2. The van der Waals surface area contributed by atoms with Gasteiger partial charge >= 0.3 is 0 Å². The van der Waals surface area contributed by atoms with E-state index in [0.717, 1.165) is 22.7 Å². The van der Waals surface area contributed by atoms with Gasteiger partial charge in [0.05, 0.1) is 13.2 Å². The second-order valence-corrected chi connectivity index (χ2v) is 5.66. The Kier molecular flexibility index (Phi) is 5.09. The summed E-state index contributed by atoms with van der Waals surface area (Å²) in [6, 6.07) is 11.2. The van der Waals surface area contributed by atoms with Gasteiger partial charge in [-0.3, -0.25) is 9.78 Å². The van der Waals surface area contributed by atoms with Crippen molar-refractivity contribution in [3.05, 3.63) is 78.1 Å². The van der Waals surface area contributed by atoms with Crippen molar-refractivity contribution in [3.63, 3.8) is 0 Å². The normalized spacial score (nSPS) is 11.8. The number of carbonyl (C=O) groups is 1. The molecule has 6 heteroatoms. The lowest BCUT2D eigenvalue weighted by atomic mass is 9.99. The van der Waals surface area contributed by atoms with Crippen molar-refractivity contribution in [1.29, 1.82) is 0 Å². The standard InChI is InChI=1S/C19H20N4O2/c1-14-21-11-12-23(14)13-18(24)22-19(16-7-9-20-10-8-16)15-3-5-17(25-2)6-4-15/h3-12,19H,13H2,1-2H3,(H,22,24). The van der Waals surface area contributed by atoms with Crippen LogP contribution in [0, 0.1) is 6.92 Å². The number of aryl methyl sites for hydroxylation is 1. The van der Waals surface area contributed by atoms with Crippen LogP contribution >= 0.6 is 0 Å². The van der Waals surface area contributed by atoms with E-state index in [-0.39, 0.29) is 18.5 Å². The fourth-order valence-electron chi connectivity index (χ4n) is 2.64. The molecule has 0 radical (unpaired) electrons. The molecular weight excluding hydrogens is 316 g/mol. The molecular formula is C19H20N4O2. The first-order valence-corrected chi connectivity index (χ1v) is 7.98. The van der Waals surface area contributed by atoms with Gasteiger partial charge in [-0.25, -0.2) is 4.98 Å². The van der Waals surface area contributed by atoms with Gasteiger partial charge in [0.1, 0.15) is 18.1 Å². The number of amides is 1. The molecule has 0 saturated heterocycles. The maximum absolute atomic E-state index is 12.5. The molecule has 3 aromatic rings. The first kappa shape index (κ1) is 16.7. The highest BCUT2D eigenvalue weighted by Crippen LogP contribution is 2.23. The number of benzene rings is 1. The summed E-state index contributed by atoms with van der Waals surface area (Å²) in [5.41, 5.74) is 1.94. The minimum atomic E-state index is -0.259. The maximum atomic E-state index is 12.5. The highest BCUT2D eigenvalue weighted by atomic mass is 16.5. The molecule has 0 aliphatic heterocycles. The summed E-state index contributed by atoms with van der Waals surface area (Å²) in [5.74, 6) is 1.50. The minimum absolute atomic E-state index is 0.0845. The van der Waals surface area contributed by atoms with E-state index < -0.39 is 0 Å². The Hall–Kier alpha value is -3.15. The second-order valence-electron chi connectivity index (χ2n) is 5.66. The Morgan fingerprint density at radius 1 is 1.12 bits per heavy atom. The van der Waals surface area contributed by atoms with Gasteiger partial charge in [0.25, 0.3) is 0 Å². The predicted octanol–water partition coefficient (Wildman–Crippen LogP) is 2.50. The van der Waals surface area contributed by atoms with E-state index in [1.807, 2.05) is 47.9 Å². The summed E-state index contributed by atoms with van der Waals surface area (Å²) in [6.07, 6.45) is 6.92. The third kappa shape index (κ3) is 4.03. The van der Waals surface area contributed by atoms with Gasteiger partial charge in [-0.15, -0.1) is 0 Å². The number of hydrogen-bond acceptors (Lipinski definition) is 4. The number of carbonyl (C=O) groups excluding carboxylic acids is 1. The zero-order valence-electron chi connectivity index (χ0n) is 14.2. The van der Waals surface area contributed by atoms with Gasteiger partial charge in [0.2, 0.25) is 5.91 Å². The monoisotopic (exact) mass is 336 g/mol. The number of nitrogens with zero attached hydrogens (tertiary/aromatic N) is 3. The lowest BCUT2D eigenvalue weighted by Crippen LogP contribution is -2.32. The highest BCUT2D eigenvalue weighted by Gasteiger charge is 2.17. The molecule has 2 heterocycles. The molecule has 0 aliphatic carbocycles. The summed E-state index contributed by atoms with van der Waals surface area (Å²) >= 11 is 0. The summed E-state index contributed by atoms with van der Waals surface area (Å²) in [5, 5.41) is 3.10. The molecule has 0 bridgehead atoms. The molecule has 1 aromatic carbocycles. The van der Waals surface area contributed by atoms with Crippen molar-refractivity contribution in [2.75, 3.05) is 7.11 Å². The average Bonchev–Trinajstić information content (AvgIpc) is 3.05. The van der Waals surface area contributed by atoms with E-state index >= 15 is 0 Å². The van der Waals surface area contributed by atoms with E-state index in [1.54, 1.807) is 31.9 Å². The van der Waals surface area contributed by atoms with Crippen molar-refractivity contribution >= 4 is 5.91 Å². The zero-order chi connectivity index (χ0) is 17.6. The van der Waals surface area contributed by atoms with Gasteiger partial charge in [-0.2, -0.15) is 0 Å². The fourth-order valence-corrected chi connectivity index (χ4v) is 2.64. The number of hydrogen-bond donors (Lipinski definition) is 1. The Labute approximate surface area is 146 Å². The van der Waals surface area contributed by atoms with Crippen LogP contribution in [0.15, 0.2) is 61.2 Å². The van der Waals surface area contributed by atoms with Crippen LogP contribution in [-0.2, 0) is 11.3 Å². The molecule has 3 rings (SSSR count). The molecule has 128 valence electrons. The summed E-state index contributed by atoms with van der Waals surface area (Å²) in [6.45, 7) is 2.10. The molecule has 0 spiro atoms. The van der Waals surface area contributed by atoms with Crippen LogP contribution in [0.2, 0.25) is 0 Å². The van der Waals surface area contributed by atoms with E-state index in [9.17, 15) is 4.79 Å². The van der Waals surface area contributed by atoms with Crippen LogP contribution in [0.5, 0.6) is 5.75 Å². The maximum Gasteiger partial charge on any atom is 0.240 e. The number of methoxy groups -OCH3 is 1.